The van der Waals surface area contributed by atoms with Gasteiger partial charge in [0.05, 0.1) is 12.6 Å². The lowest BCUT2D eigenvalue weighted by atomic mass is 9.75. The van der Waals surface area contributed by atoms with Crippen molar-refractivity contribution in [3.05, 3.63) is 39.1 Å². The van der Waals surface area contributed by atoms with E-state index in [9.17, 15) is 5.11 Å². The summed E-state index contributed by atoms with van der Waals surface area (Å²) >= 11 is 1.71. The van der Waals surface area contributed by atoms with Crippen molar-refractivity contribution in [3.8, 4) is 0 Å². The Morgan fingerprint density at radius 2 is 2.20 bits per heavy atom. The lowest BCUT2D eigenvalue weighted by molar-refractivity contribution is 0.0981. The molecule has 1 aliphatic carbocycles. The highest BCUT2D eigenvalue weighted by Crippen LogP contribution is 2.42. The maximum absolute atomic E-state index is 10.4. The Balaban J connectivity index is 2.00. The number of aryl methyl sites for hydroxylation is 2. The van der Waals surface area contributed by atoms with Crippen LogP contribution >= 0.6 is 11.3 Å². The molecule has 3 nitrogen and oxygen atoms in total. The summed E-state index contributed by atoms with van der Waals surface area (Å²) in [6.07, 6.45) is 1.55. The molecule has 0 spiro atoms. The lowest BCUT2D eigenvalue weighted by Crippen LogP contribution is -2.27. The minimum absolute atomic E-state index is 0.160. The number of nitrogens with zero attached hydrogens (tertiary/aromatic N) is 2. The average molecular weight is 290 g/mol. The van der Waals surface area contributed by atoms with Gasteiger partial charge in [-0.1, -0.05) is 13.8 Å². The van der Waals surface area contributed by atoms with E-state index in [0.717, 1.165) is 35.7 Å². The van der Waals surface area contributed by atoms with Crippen LogP contribution < -0.4 is 0 Å². The van der Waals surface area contributed by atoms with Crippen LogP contribution in [0.25, 0.3) is 0 Å². The van der Waals surface area contributed by atoms with Gasteiger partial charge >= 0.3 is 0 Å². The van der Waals surface area contributed by atoms with Crippen LogP contribution in [0, 0.1) is 19.3 Å². The first kappa shape index (κ1) is 13.8. The second-order valence-corrected chi connectivity index (χ2v) is 7.66. The van der Waals surface area contributed by atoms with Crippen molar-refractivity contribution in [2.75, 3.05) is 0 Å². The van der Waals surface area contributed by atoms with E-state index in [1.54, 1.807) is 11.3 Å². The van der Waals surface area contributed by atoms with Crippen LogP contribution in [0.2, 0.25) is 0 Å². The van der Waals surface area contributed by atoms with Gasteiger partial charge in [0.25, 0.3) is 0 Å². The Labute approximate surface area is 124 Å². The van der Waals surface area contributed by atoms with E-state index in [-0.39, 0.29) is 11.5 Å². The van der Waals surface area contributed by atoms with Gasteiger partial charge in [-0.15, -0.1) is 11.3 Å². The molecular weight excluding hydrogens is 268 g/mol. The third kappa shape index (κ3) is 2.42. The zero-order chi connectivity index (χ0) is 14.5. The Morgan fingerprint density at radius 3 is 2.85 bits per heavy atom. The zero-order valence-electron chi connectivity index (χ0n) is 12.6. The minimum Gasteiger partial charge on any atom is -0.388 e. The highest BCUT2D eigenvalue weighted by molar-refractivity contribution is 7.09. The van der Waals surface area contributed by atoms with Crippen molar-refractivity contribution >= 4 is 11.3 Å². The van der Waals surface area contributed by atoms with E-state index >= 15 is 0 Å². The Kier molecular flexibility index (Phi) is 3.26. The number of aliphatic hydroxyl groups is 1. The maximum atomic E-state index is 10.4. The average Bonchev–Trinajstić information content (AvgIpc) is 2.86. The summed E-state index contributed by atoms with van der Waals surface area (Å²) in [5.41, 5.74) is 4.88. The summed E-state index contributed by atoms with van der Waals surface area (Å²) in [6, 6.07) is 2.15. The van der Waals surface area contributed by atoms with Gasteiger partial charge in [-0.2, -0.15) is 0 Å². The largest absolute Gasteiger partial charge is 0.388 e. The molecule has 2 heterocycles. The number of hydrogen-bond donors (Lipinski definition) is 1. The Bertz CT molecular complexity index is 639. The summed E-state index contributed by atoms with van der Waals surface area (Å²) in [7, 11) is 0. The summed E-state index contributed by atoms with van der Waals surface area (Å²) < 4.78 is 2.33. The van der Waals surface area contributed by atoms with Crippen LogP contribution in [0.5, 0.6) is 0 Å². The molecule has 0 amide bonds. The summed E-state index contributed by atoms with van der Waals surface area (Å²) in [4.78, 5) is 4.57. The van der Waals surface area contributed by atoms with Crippen LogP contribution in [0.15, 0.2) is 11.4 Å². The van der Waals surface area contributed by atoms with Gasteiger partial charge in [0, 0.05) is 28.0 Å². The van der Waals surface area contributed by atoms with Crippen LogP contribution in [0.4, 0.5) is 0 Å². The van der Waals surface area contributed by atoms with Gasteiger partial charge in [-0.25, -0.2) is 4.98 Å². The number of fused-ring (bicyclic) bond motifs is 1. The second-order valence-electron chi connectivity index (χ2n) is 6.72. The normalized spacial score (nSPS) is 20.9. The number of aromatic nitrogens is 2. The first-order valence-corrected chi connectivity index (χ1v) is 8.02. The molecule has 108 valence electrons. The molecule has 1 unspecified atom stereocenters. The highest BCUT2D eigenvalue weighted by atomic mass is 32.1. The molecule has 3 rings (SSSR count). The molecule has 4 heteroatoms. The van der Waals surface area contributed by atoms with E-state index in [2.05, 4.69) is 41.8 Å². The van der Waals surface area contributed by atoms with Gasteiger partial charge in [-0.3, -0.25) is 0 Å². The molecule has 20 heavy (non-hydrogen) atoms. The fraction of sp³-hybridized carbons (Fsp3) is 0.562. The van der Waals surface area contributed by atoms with Gasteiger partial charge in [0.15, 0.2) is 0 Å². The molecular formula is C16H22N2OS. The Hall–Kier alpha value is -1.13. The predicted octanol–water partition coefficient (Wildman–Crippen LogP) is 3.62. The molecule has 0 saturated carbocycles. The standard InChI is InChI=1S/C16H22N2OS/c1-10-9-20-15(17-10)8-18-11(2)5-12-13(18)6-16(3,4)7-14(12)19/h5,9,14,19H,6-8H2,1-4H3. The smallest absolute Gasteiger partial charge is 0.113 e. The molecule has 0 aromatic carbocycles. The molecule has 2 aromatic heterocycles. The SMILES string of the molecule is Cc1csc(Cn2c(C)cc3c2CC(C)(C)CC3O)n1. The van der Waals surface area contributed by atoms with Gasteiger partial charge in [-0.05, 0) is 38.2 Å². The molecule has 0 aliphatic heterocycles. The highest BCUT2D eigenvalue weighted by Gasteiger charge is 2.34. The third-order valence-corrected chi connectivity index (χ3v) is 5.11. The first-order valence-electron chi connectivity index (χ1n) is 7.14. The van der Waals surface area contributed by atoms with Crippen LogP contribution in [0.1, 0.15) is 54.0 Å². The van der Waals surface area contributed by atoms with E-state index in [1.165, 1.54) is 11.4 Å². The Morgan fingerprint density at radius 1 is 1.45 bits per heavy atom. The van der Waals surface area contributed by atoms with Gasteiger partial charge in [0.1, 0.15) is 5.01 Å². The van der Waals surface area contributed by atoms with E-state index in [4.69, 9.17) is 0 Å². The van der Waals surface area contributed by atoms with E-state index < -0.39 is 0 Å². The fourth-order valence-corrected chi connectivity index (χ4v) is 3.99. The number of aliphatic hydroxyl groups excluding tert-OH is 1. The van der Waals surface area contributed by atoms with Crippen molar-refractivity contribution in [3.63, 3.8) is 0 Å². The van der Waals surface area contributed by atoms with Crippen molar-refractivity contribution in [2.24, 2.45) is 5.41 Å². The molecule has 2 aromatic rings. The van der Waals surface area contributed by atoms with Crippen LogP contribution in [-0.4, -0.2) is 14.7 Å². The number of rotatable bonds is 2. The number of thiazole rings is 1. The van der Waals surface area contributed by atoms with Crippen LogP contribution in [-0.2, 0) is 13.0 Å². The molecule has 0 fully saturated rings. The first-order chi connectivity index (χ1) is 9.35. The summed E-state index contributed by atoms with van der Waals surface area (Å²) in [5, 5.41) is 13.6. The predicted molar refractivity (Wildman–Crippen MR) is 82.2 cm³/mol. The summed E-state index contributed by atoms with van der Waals surface area (Å²) in [6.45, 7) is 9.45. The molecule has 0 radical (unpaired) electrons. The molecule has 0 saturated heterocycles. The third-order valence-electron chi connectivity index (χ3n) is 4.16. The number of hydrogen-bond acceptors (Lipinski definition) is 3. The molecule has 1 N–H and O–H groups in total. The molecule has 0 bridgehead atoms. The van der Waals surface area contributed by atoms with Crippen molar-refractivity contribution < 1.29 is 5.11 Å². The summed E-state index contributed by atoms with van der Waals surface area (Å²) in [5.74, 6) is 0. The van der Waals surface area contributed by atoms with Gasteiger partial charge in [0.2, 0.25) is 0 Å². The van der Waals surface area contributed by atoms with E-state index in [0.29, 0.717) is 0 Å². The lowest BCUT2D eigenvalue weighted by Gasteiger charge is -2.33. The fourth-order valence-electron chi connectivity index (χ4n) is 3.23. The van der Waals surface area contributed by atoms with Crippen molar-refractivity contribution in [2.45, 2.75) is 53.2 Å². The monoisotopic (exact) mass is 290 g/mol. The minimum atomic E-state index is -0.327. The topological polar surface area (TPSA) is 38.0 Å². The van der Waals surface area contributed by atoms with E-state index in [1.807, 2.05) is 6.92 Å². The quantitative estimate of drug-likeness (QED) is 0.917. The molecule has 1 aliphatic rings. The maximum Gasteiger partial charge on any atom is 0.113 e. The second kappa shape index (κ2) is 4.71. The zero-order valence-corrected chi connectivity index (χ0v) is 13.4. The van der Waals surface area contributed by atoms with Crippen LogP contribution in [0.3, 0.4) is 0 Å². The van der Waals surface area contributed by atoms with Crippen molar-refractivity contribution in [1.82, 2.24) is 9.55 Å². The molecule has 1 atom stereocenters. The van der Waals surface area contributed by atoms with Crippen molar-refractivity contribution in [1.29, 1.82) is 0 Å². The van der Waals surface area contributed by atoms with Gasteiger partial charge < -0.3 is 9.67 Å².